The standard InChI is InChI=1S/C14H17BrN2O4/c1-2-20-12-7-10(8-16)6-11(15)14(12)21-9-13(19)17-4-3-5-18/h6-7,18H,2-5,9H2,1H3,(H,17,19). The first-order chi connectivity index (χ1) is 10.1. The SMILES string of the molecule is CCOc1cc(C#N)cc(Br)c1OCC(=O)NCCCO. The lowest BCUT2D eigenvalue weighted by molar-refractivity contribution is -0.123. The molecule has 0 fully saturated rings. The number of carbonyl (C=O) groups is 1. The van der Waals surface area contributed by atoms with E-state index >= 15 is 0 Å². The molecular weight excluding hydrogens is 340 g/mol. The summed E-state index contributed by atoms with van der Waals surface area (Å²) >= 11 is 3.30. The summed E-state index contributed by atoms with van der Waals surface area (Å²) in [4.78, 5) is 11.6. The van der Waals surface area contributed by atoms with Crippen molar-refractivity contribution in [2.45, 2.75) is 13.3 Å². The van der Waals surface area contributed by atoms with Crippen LogP contribution in [0.15, 0.2) is 16.6 Å². The first-order valence-electron chi connectivity index (χ1n) is 6.49. The van der Waals surface area contributed by atoms with Crippen molar-refractivity contribution < 1.29 is 19.4 Å². The smallest absolute Gasteiger partial charge is 0.257 e. The van der Waals surface area contributed by atoms with Crippen LogP contribution in [0.5, 0.6) is 11.5 Å². The van der Waals surface area contributed by atoms with Gasteiger partial charge in [0.2, 0.25) is 0 Å². The lowest BCUT2D eigenvalue weighted by Crippen LogP contribution is -2.30. The molecule has 0 atom stereocenters. The number of aliphatic hydroxyl groups is 1. The van der Waals surface area contributed by atoms with Gasteiger partial charge in [-0.3, -0.25) is 4.79 Å². The zero-order valence-corrected chi connectivity index (χ0v) is 13.3. The van der Waals surface area contributed by atoms with Gasteiger partial charge in [0, 0.05) is 19.2 Å². The Hall–Kier alpha value is -1.78. The summed E-state index contributed by atoms with van der Waals surface area (Å²) in [7, 11) is 0. The van der Waals surface area contributed by atoms with E-state index in [1.807, 2.05) is 13.0 Å². The predicted octanol–water partition coefficient (Wildman–Crippen LogP) is 1.60. The minimum Gasteiger partial charge on any atom is -0.490 e. The molecule has 0 saturated carbocycles. The first kappa shape index (κ1) is 17.3. The van der Waals surface area contributed by atoms with Crippen LogP contribution < -0.4 is 14.8 Å². The second-order valence-corrected chi connectivity index (χ2v) is 4.90. The number of carbonyl (C=O) groups excluding carboxylic acids is 1. The second-order valence-electron chi connectivity index (χ2n) is 4.05. The molecule has 0 saturated heterocycles. The van der Waals surface area contributed by atoms with Crippen LogP contribution in [-0.2, 0) is 4.79 Å². The van der Waals surface area contributed by atoms with E-state index in [4.69, 9.17) is 19.8 Å². The largest absolute Gasteiger partial charge is 0.490 e. The molecule has 1 rings (SSSR count). The number of aliphatic hydroxyl groups excluding tert-OH is 1. The van der Waals surface area contributed by atoms with Crippen LogP contribution in [0.25, 0.3) is 0 Å². The number of halogens is 1. The van der Waals surface area contributed by atoms with E-state index < -0.39 is 0 Å². The number of amides is 1. The molecule has 0 aliphatic carbocycles. The molecule has 6 nitrogen and oxygen atoms in total. The van der Waals surface area contributed by atoms with Crippen molar-refractivity contribution in [2.75, 3.05) is 26.4 Å². The monoisotopic (exact) mass is 356 g/mol. The zero-order chi connectivity index (χ0) is 15.7. The maximum absolute atomic E-state index is 11.6. The summed E-state index contributed by atoms with van der Waals surface area (Å²) in [5.74, 6) is 0.502. The van der Waals surface area contributed by atoms with E-state index in [9.17, 15) is 4.79 Å². The molecule has 0 unspecified atom stereocenters. The summed E-state index contributed by atoms with van der Waals surface area (Å²) in [5.41, 5.74) is 0.435. The normalized spacial score (nSPS) is 9.81. The van der Waals surface area contributed by atoms with Crippen LogP contribution in [0.1, 0.15) is 18.9 Å². The highest BCUT2D eigenvalue weighted by Gasteiger charge is 2.13. The quantitative estimate of drug-likeness (QED) is 0.690. The van der Waals surface area contributed by atoms with Gasteiger partial charge in [-0.15, -0.1) is 0 Å². The Balaban J connectivity index is 2.73. The van der Waals surface area contributed by atoms with Crippen LogP contribution in [0.2, 0.25) is 0 Å². The molecule has 7 heteroatoms. The summed E-state index contributed by atoms with van der Waals surface area (Å²) in [6.07, 6.45) is 0.497. The molecule has 0 heterocycles. The maximum Gasteiger partial charge on any atom is 0.257 e. The van der Waals surface area contributed by atoms with Gasteiger partial charge in [0.25, 0.3) is 5.91 Å². The van der Waals surface area contributed by atoms with Gasteiger partial charge in [-0.1, -0.05) is 0 Å². The molecule has 1 aromatic rings. The Labute approximate surface area is 131 Å². The van der Waals surface area contributed by atoms with Crippen LogP contribution >= 0.6 is 15.9 Å². The van der Waals surface area contributed by atoms with Crippen LogP contribution in [-0.4, -0.2) is 37.4 Å². The van der Waals surface area contributed by atoms with Gasteiger partial charge in [-0.2, -0.15) is 5.26 Å². The molecule has 0 aromatic heterocycles. The highest BCUT2D eigenvalue weighted by molar-refractivity contribution is 9.10. The third-order valence-electron chi connectivity index (χ3n) is 2.44. The fourth-order valence-electron chi connectivity index (χ4n) is 1.53. The molecule has 1 amide bonds. The Morgan fingerprint density at radius 2 is 2.24 bits per heavy atom. The van der Waals surface area contributed by atoms with E-state index in [1.165, 1.54) is 0 Å². The van der Waals surface area contributed by atoms with Gasteiger partial charge < -0.3 is 19.9 Å². The Bertz CT molecular complexity index is 528. The van der Waals surface area contributed by atoms with E-state index in [0.717, 1.165) is 0 Å². The van der Waals surface area contributed by atoms with Gasteiger partial charge in [0.15, 0.2) is 18.1 Å². The highest BCUT2D eigenvalue weighted by atomic mass is 79.9. The van der Waals surface area contributed by atoms with E-state index in [1.54, 1.807) is 12.1 Å². The number of benzene rings is 1. The lowest BCUT2D eigenvalue weighted by atomic mass is 10.2. The average molecular weight is 357 g/mol. The average Bonchev–Trinajstić information content (AvgIpc) is 2.46. The molecule has 21 heavy (non-hydrogen) atoms. The topological polar surface area (TPSA) is 91.6 Å². The summed E-state index contributed by atoms with van der Waals surface area (Å²) in [6.45, 7) is 2.48. The van der Waals surface area contributed by atoms with Crippen LogP contribution in [0, 0.1) is 11.3 Å². The molecule has 0 aliphatic heterocycles. The molecule has 0 spiro atoms. The van der Waals surface area contributed by atoms with E-state index in [0.29, 0.717) is 41.1 Å². The number of hydrogen-bond donors (Lipinski definition) is 2. The minimum absolute atomic E-state index is 0.0246. The van der Waals surface area contributed by atoms with Crippen molar-refractivity contribution in [3.8, 4) is 17.6 Å². The van der Waals surface area contributed by atoms with Crippen molar-refractivity contribution in [3.05, 3.63) is 22.2 Å². The number of rotatable bonds is 8. The zero-order valence-electron chi connectivity index (χ0n) is 11.7. The third kappa shape index (κ3) is 5.61. The minimum atomic E-state index is -0.290. The van der Waals surface area contributed by atoms with Crippen molar-refractivity contribution in [1.29, 1.82) is 5.26 Å². The van der Waals surface area contributed by atoms with E-state index in [2.05, 4.69) is 21.2 Å². The Kier molecular flexibility index (Phi) is 7.58. The summed E-state index contributed by atoms with van der Waals surface area (Å²) < 4.78 is 11.4. The Morgan fingerprint density at radius 3 is 2.86 bits per heavy atom. The molecule has 0 radical (unpaired) electrons. The molecule has 2 N–H and O–H groups in total. The lowest BCUT2D eigenvalue weighted by Gasteiger charge is -2.14. The summed E-state index contributed by atoms with van der Waals surface area (Å²) in [5, 5.41) is 20.2. The third-order valence-corrected chi connectivity index (χ3v) is 3.03. The molecule has 114 valence electrons. The maximum atomic E-state index is 11.6. The van der Waals surface area contributed by atoms with E-state index in [-0.39, 0.29) is 19.1 Å². The summed E-state index contributed by atoms with van der Waals surface area (Å²) in [6, 6.07) is 5.19. The van der Waals surface area contributed by atoms with Gasteiger partial charge in [0.1, 0.15) is 0 Å². The van der Waals surface area contributed by atoms with Crippen molar-refractivity contribution in [3.63, 3.8) is 0 Å². The first-order valence-corrected chi connectivity index (χ1v) is 7.28. The predicted molar refractivity (Wildman–Crippen MR) is 80.2 cm³/mol. The van der Waals surface area contributed by atoms with Gasteiger partial charge >= 0.3 is 0 Å². The number of ether oxygens (including phenoxy) is 2. The Morgan fingerprint density at radius 1 is 1.48 bits per heavy atom. The van der Waals surface area contributed by atoms with Crippen LogP contribution in [0.4, 0.5) is 0 Å². The molecular formula is C14H17BrN2O4. The number of nitrogens with one attached hydrogen (secondary N) is 1. The van der Waals surface area contributed by atoms with Crippen molar-refractivity contribution in [1.82, 2.24) is 5.32 Å². The van der Waals surface area contributed by atoms with Gasteiger partial charge in [-0.25, -0.2) is 0 Å². The highest BCUT2D eigenvalue weighted by Crippen LogP contribution is 2.36. The van der Waals surface area contributed by atoms with Gasteiger partial charge in [-0.05, 0) is 35.3 Å². The fourth-order valence-corrected chi connectivity index (χ4v) is 2.09. The molecule has 1 aromatic carbocycles. The van der Waals surface area contributed by atoms with Crippen LogP contribution in [0.3, 0.4) is 0 Å². The van der Waals surface area contributed by atoms with Crippen molar-refractivity contribution in [2.24, 2.45) is 0 Å². The number of nitriles is 1. The fraction of sp³-hybridized carbons (Fsp3) is 0.429. The number of nitrogens with zero attached hydrogens (tertiary/aromatic N) is 1. The molecule has 0 aliphatic rings. The van der Waals surface area contributed by atoms with Crippen molar-refractivity contribution >= 4 is 21.8 Å². The number of hydrogen-bond acceptors (Lipinski definition) is 5. The van der Waals surface area contributed by atoms with Gasteiger partial charge in [0.05, 0.1) is 22.7 Å². The molecule has 0 bridgehead atoms. The second kappa shape index (κ2) is 9.21.